The highest BCUT2D eigenvalue weighted by Crippen LogP contribution is 2.08. The van der Waals surface area contributed by atoms with Gasteiger partial charge in [-0.2, -0.15) is 0 Å². The van der Waals surface area contributed by atoms with Crippen molar-refractivity contribution in [3.8, 4) is 0 Å². The summed E-state index contributed by atoms with van der Waals surface area (Å²) in [4.78, 5) is 10.2. The predicted molar refractivity (Wildman–Crippen MR) is 51.0 cm³/mol. The highest BCUT2D eigenvalue weighted by molar-refractivity contribution is 7.79. The highest BCUT2D eigenvalue weighted by atomic mass is 32.1. The first-order valence-electron chi connectivity index (χ1n) is 3.51. The Kier molecular flexibility index (Phi) is 3.41. The smallest absolute Gasteiger partial charge is 0.207 e. The van der Waals surface area contributed by atoms with Gasteiger partial charge in [0.25, 0.3) is 0 Å². The maximum atomic E-state index is 10.2. The van der Waals surface area contributed by atoms with Crippen molar-refractivity contribution in [1.29, 1.82) is 0 Å². The number of hydrogen-bond acceptors (Lipinski definition) is 2. The Bertz CT molecular complexity index is 260. The topological polar surface area (TPSA) is 29.1 Å². The molecule has 1 radical (unpaired) electrons. The third-order valence-corrected chi connectivity index (χ3v) is 1.72. The molecule has 1 atom stereocenters. The Labute approximate surface area is 76.6 Å². The first-order chi connectivity index (χ1) is 5.88. The number of amides is 1. The van der Waals surface area contributed by atoms with E-state index in [1.165, 1.54) is 0 Å². The van der Waals surface area contributed by atoms with Crippen molar-refractivity contribution in [3.05, 3.63) is 35.9 Å². The van der Waals surface area contributed by atoms with Crippen LogP contribution in [0.25, 0.3) is 0 Å². The molecule has 1 N–H and O–H groups in total. The van der Waals surface area contributed by atoms with E-state index in [2.05, 4.69) is 22.9 Å². The maximum Gasteiger partial charge on any atom is 0.207 e. The molecule has 3 heteroatoms. The van der Waals surface area contributed by atoms with Crippen molar-refractivity contribution >= 4 is 24.0 Å². The number of carbonyl (C=O) groups excluding carboxylic acids is 1. The van der Waals surface area contributed by atoms with Crippen LogP contribution in [0.15, 0.2) is 30.3 Å². The van der Waals surface area contributed by atoms with E-state index in [-0.39, 0.29) is 6.04 Å². The van der Waals surface area contributed by atoms with Crippen LogP contribution in [0.1, 0.15) is 11.6 Å². The van der Waals surface area contributed by atoms with E-state index in [0.29, 0.717) is 6.41 Å². The molecule has 0 saturated carbocycles. The van der Waals surface area contributed by atoms with Crippen molar-refractivity contribution in [2.24, 2.45) is 0 Å². The summed E-state index contributed by atoms with van der Waals surface area (Å²) < 4.78 is 0. The first-order valence-corrected chi connectivity index (χ1v) is 3.91. The van der Waals surface area contributed by atoms with Crippen LogP contribution < -0.4 is 5.32 Å². The lowest BCUT2D eigenvalue weighted by Crippen LogP contribution is -2.19. The fourth-order valence-corrected chi connectivity index (χ4v) is 1.12. The van der Waals surface area contributed by atoms with Gasteiger partial charge in [0.1, 0.15) is 0 Å². The van der Waals surface area contributed by atoms with E-state index >= 15 is 0 Å². The number of nitrogens with one attached hydrogen (secondary N) is 1. The van der Waals surface area contributed by atoms with Gasteiger partial charge in [0, 0.05) is 0 Å². The van der Waals surface area contributed by atoms with Crippen LogP contribution in [0.5, 0.6) is 0 Å². The standard InChI is InChI=1S/C9H8NOS/c11-7-10-9(6-12)8-4-2-1-3-5-8/h1-5,7,9H,(H,10,11). The third kappa shape index (κ3) is 2.13. The van der Waals surface area contributed by atoms with Crippen molar-refractivity contribution in [1.82, 2.24) is 5.32 Å². The molecule has 2 nitrogen and oxygen atoms in total. The van der Waals surface area contributed by atoms with Gasteiger partial charge in [-0.25, -0.2) is 0 Å². The maximum absolute atomic E-state index is 10.2. The zero-order valence-corrected chi connectivity index (χ0v) is 7.17. The Morgan fingerprint density at radius 1 is 1.42 bits per heavy atom. The zero-order chi connectivity index (χ0) is 8.81. The minimum absolute atomic E-state index is 0.279. The molecule has 0 aliphatic rings. The molecule has 0 bridgehead atoms. The summed E-state index contributed by atoms with van der Waals surface area (Å²) in [7, 11) is 0. The summed E-state index contributed by atoms with van der Waals surface area (Å²) in [5.41, 5.74) is 0.944. The Hall–Kier alpha value is -1.22. The quantitative estimate of drug-likeness (QED) is 0.557. The molecule has 0 aliphatic heterocycles. The third-order valence-electron chi connectivity index (χ3n) is 1.49. The van der Waals surface area contributed by atoms with Crippen LogP contribution in [0.2, 0.25) is 0 Å². The molecular formula is C9H8NOS. The van der Waals surface area contributed by atoms with Crippen LogP contribution in [0.4, 0.5) is 0 Å². The Balaban J connectivity index is 2.79. The SMILES string of the molecule is O=CNC([C]=S)c1ccccc1. The zero-order valence-electron chi connectivity index (χ0n) is 6.36. The average molecular weight is 178 g/mol. The van der Waals surface area contributed by atoms with Crippen molar-refractivity contribution < 1.29 is 4.79 Å². The van der Waals surface area contributed by atoms with Crippen LogP contribution in [-0.2, 0) is 4.79 Å². The molecular weight excluding hydrogens is 170 g/mol. The van der Waals surface area contributed by atoms with Crippen LogP contribution in [-0.4, -0.2) is 11.8 Å². The fraction of sp³-hybridized carbons (Fsp3) is 0.111. The lowest BCUT2D eigenvalue weighted by molar-refractivity contribution is -0.109. The number of hydrogen-bond donors (Lipinski definition) is 1. The van der Waals surface area contributed by atoms with Crippen molar-refractivity contribution in [2.75, 3.05) is 0 Å². The summed E-state index contributed by atoms with van der Waals surface area (Å²) >= 11 is 4.65. The molecule has 1 aromatic rings. The Morgan fingerprint density at radius 3 is 2.58 bits per heavy atom. The number of thiocarbonyl (C=S) groups is 1. The minimum Gasteiger partial charge on any atom is -0.347 e. The minimum atomic E-state index is -0.279. The molecule has 1 amide bonds. The molecule has 1 aromatic carbocycles. The van der Waals surface area contributed by atoms with Gasteiger partial charge in [0.15, 0.2) is 0 Å². The van der Waals surface area contributed by atoms with Gasteiger partial charge >= 0.3 is 0 Å². The van der Waals surface area contributed by atoms with Gasteiger partial charge in [0.05, 0.1) is 11.4 Å². The van der Waals surface area contributed by atoms with Gasteiger partial charge in [-0.15, -0.1) is 0 Å². The van der Waals surface area contributed by atoms with Crippen molar-refractivity contribution in [3.63, 3.8) is 0 Å². The molecule has 61 valence electrons. The predicted octanol–water partition coefficient (Wildman–Crippen LogP) is 1.35. The monoisotopic (exact) mass is 178 g/mol. The first kappa shape index (κ1) is 8.87. The summed E-state index contributed by atoms with van der Waals surface area (Å²) in [5, 5.41) is 5.11. The van der Waals surface area contributed by atoms with E-state index < -0.39 is 0 Å². The number of benzene rings is 1. The summed E-state index contributed by atoms with van der Waals surface area (Å²) in [6.07, 6.45) is 0.622. The fourth-order valence-electron chi connectivity index (χ4n) is 0.912. The van der Waals surface area contributed by atoms with E-state index in [1.54, 1.807) is 0 Å². The van der Waals surface area contributed by atoms with Crippen LogP contribution >= 0.6 is 12.2 Å². The number of rotatable bonds is 4. The normalized spacial score (nSPS) is 11.7. The van der Waals surface area contributed by atoms with Gasteiger partial charge in [-0.05, 0) is 5.56 Å². The molecule has 0 aliphatic carbocycles. The average Bonchev–Trinajstić information content (AvgIpc) is 2.15. The van der Waals surface area contributed by atoms with Crippen molar-refractivity contribution in [2.45, 2.75) is 6.04 Å². The van der Waals surface area contributed by atoms with E-state index in [0.717, 1.165) is 5.56 Å². The lowest BCUT2D eigenvalue weighted by atomic mass is 10.1. The molecule has 0 aromatic heterocycles. The highest BCUT2D eigenvalue weighted by Gasteiger charge is 2.04. The molecule has 0 heterocycles. The Morgan fingerprint density at radius 2 is 2.08 bits per heavy atom. The largest absolute Gasteiger partial charge is 0.347 e. The summed E-state index contributed by atoms with van der Waals surface area (Å²) in [6, 6.07) is 9.19. The van der Waals surface area contributed by atoms with Gasteiger partial charge in [-0.3, -0.25) is 4.79 Å². The second kappa shape index (κ2) is 4.62. The molecule has 1 unspecified atom stereocenters. The molecule has 0 fully saturated rings. The molecule has 12 heavy (non-hydrogen) atoms. The van der Waals surface area contributed by atoms with Gasteiger partial charge in [0.2, 0.25) is 6.41 Å². The van der Waals surface area contributed by atoms with Crippen LogP contribution in [0.3, 0.4) is 0 Å². The van der Waals surface area contributed by atoms with Crippen LogP contribution in [0, 0.1) is 0 Å². The van der Waals surface area contributed by atoms with Gasteiger partial charge < -0.3 is 5.32 Å². The van der Waals surface area contributed by atoms with E-state index in [1.807, 2.05) is 30.3 Å². The summed E-state index contributed by atoms with van der Waals surface area (Å²) in [5.74, 6) is 0. The van der Waals surface area contributed by atoms with E-state index in [4.69, 9.17) is 0 Å². The number of carbonyl (C=O) groups is 1. The second-order valence-corrected chi connectivity index (χ2v) is 2.48. The second-order valence-electron chi connectivity index (χ2n) is 2.25. The molecule has 0 spiro atoms. The summed E-state index contributed by atoms with van der Waals surface area (Å²) in [6.45, 7) is 0. The molecule has 1 rings (SSSR count). The lowest BCUT2D eigenvalue weighted by Gasteiger charge is -2.08. The van der Waals surface area contributed by atoms with Gasteiger partial charge in [-0.1, -0.05) is 42.5 Å². The van der Waals surface area contributed by atoms with E-state index in [9.17, 15) is 4.79 Å². The molecule has 0 saturated heterocycles.